The second-order valence-corrected chi connectivity index (χ2v) is 8.11. The van der Waals surface area contributed by atoms with E-state index in [2.05, 4.69) is 13.5 Å². The number of benzene rings is 2. The molecule has 0 fully saturated rings. The molecule has 0 radical (unpaired) electrons. The van der Waals surface area contributed by atoms with E-state index < -0.39 is 10.1 Å². The lowest BCUT2D eigenvalue weighted by molar-refractivity contribution is 0.285. The molecular formula is C22H28O4S. The van der Waals surface area contributed by atoms with Crippen molar-refractivity contribution < 1.29 is 17.3 Å². The molecule has 0 atom stereocenters. The molecular weight excluding hydrogens is 360 g/mol. The second-order valence-electron chi connectivity index (χ2n) is 6.52. The van der Waals surface area contributed by atoms with Crippen LogP contribution in [0.4, 0.5) is 0 Å². The predicted molar refractivity (Wildman–Crippen MR) is 109 cm³/mol. The Balaban J connectivity index is 2.09. The van der Waals surface area contributed by atoms with Crippen LogP contribution in [0.25, 0.3) is 6.08 Å². The fourth-order valence-electron chi connectivity index (χ4n) is 2.61. The maximum atomic E-state index is 12.6. The van der Waals surface area contributed by atoms with Crippen LogP contribution < -0.4 is 4.74 Å². The van der Waals surface area contributed by atoms with E-state index in [0.29, 0.717) is 5.75 Å². The summed E-state index contributed by atoms with van der Waals surface area (Å²) in [5, 5.41) is 0. The van der Waals surface area contributed by atoms with Crippen molar-refractivity contribution in [2.45, 2.75) is 51.0 Å². The van der Waals surface area contributed by atoms with Crippen LogP contribution in [-0.2, 0) is 20.9 Å². The Bertz CT molecular complexity index is 839. The van der Waals surface area contributed by atoms with E-state index in [1.807, 2.05) is 31.2 Å². The van der Waals surface area contributed by atoms with Crippen molar-refractivity contribution in [1.29, 1.82) is 0 Å². The van der Waals surface area contributed by atoms with E-state index in [9.17, 15) is 8.42 Å². The van der Waals surface area contributed by atoms with Crippen LogP contribution in [0.3, 0.4) is 0 Å². The van der Waals surface area contributed by atoms with Crippen molar-refractivity contribution in [2.75, 3.05) is 6.61 Å². The van der Waals surface area contributed by atoms with E-state index in [4.69, 9.17) is 8.92 Å². The number of unbranched alkanes of at least 4 members (excludes halogenated alkanes) is 3. The number of hydrogen-bond acceptors (Lipinski definition) is 4. The van der Waals surface area contributed by atoms with E-state index in [1.165, 1.54) is 0 Å². The van der Waals surface area contributed by atoms with Gasteiger partial charge < -0.3 is 4.74 Å². The second kappa shape index (κ2) is 10.3. The van der Waals surface area contributed by atoms with Gasteiger partial charge >= 0.3 is 10.1 Å². The van der Waals surface area contributed by atoms with Crippen LogP contribution in [0.1, 0.15) is 49.3 Å². The largest absolute Gasteiger partial charge is 0.487 e. The predicted octanol–water partition coefficient (Wildman–Crippen LogP) is 5.50. The molecule has 146 valence electrons. The van der Waals surface area contributed by atoms with Crippen LogP contribution >= 0.6 is 0 Å². The van der Waals surface area contributed by atoms with Crippen molar-refractivity contribution in [1.82, 2.24) is 0 Å². The zero-order valence-corrected chi connectivity index (χ0v) is 16.9. The van der Waals surface area contributed by atoms with E-state index in [1.54, 1.807) is 24.3 Å². The molecule has 5 heteroatoms. The lowest BCUT2D eigenvalue weighted by Crippen LogP contribution is -2.10. The van der Waals surface area contributed by atoms with Crippen LogP contribution in [0.2, 0.25) is 0 Å². The summed E-state index contributed by atoms with van der Waals surface area (Å²) in [6.07, 6.45) is 5.63. The molecule has 27 heavy (non-hydrogen) atoms. The highest BCUT2D eigenvalue weighted by Gasteiger charge is 2.21. The highest BCUT2D eigenvalue weighted by molar-refractivity contribution is 7.86. The summed E-state index contributed by atoms with van der Waals surface area (Å²) >= 11 is 0. The highest BCUT2D eigenvalue weighted by Crippen LogP contribution is 2.28. The summed E-state index contributed by atoms with van der Waals surface area (Å²) in [6.45, 7) is 8.21. The zero-order valence-electron chi connectivity index (χ0n) is 16.1. The van der Waals surface area contributed by atoms with E-state index >= 15 is 0 Å². The summed E-state index contributed by atoms with van der Waals surface area (Å²) in [6, 6.07) is 12.8. The average Bonchev–Trinajstić information content (AvgIpc) is 2.66. The highest BCUT2D eigenvalue weighted by atomic mass is 32.2. The first-order valence-electron chi connectivity index (χ1n) is 9.30. The van der Waals surface area contributed by atoms with Crippen molar-refractivity contribution in [2.24, 2.45) is 0 Å². The minimum Gasteiger partial charge on any atom is -0.487 e. The van der Waals surface area contributed by atoms with Gasteiger partial charge in [-0.05, 0) is 42.2 Å². The summed E-state index contributed by atoms with van der Waals surface area (Å²) in [7, 11) is -3.85. The molecule has 0 bridgehead atoms. The first-order valence-corrected chi connectivity index (χ1v) is 10.7. The van der Waals surface area contributed by atoms with Gasteiger partial charge in [-0.25, -0.2) is 0 Å². The number of aryl methyl sites for hydroxylation is 1. The summed E-state index contributed by atoms with van der Waals surface area (Å²) < 4.78 is 36.2. The van der Waals surface area contributed by atoms with E-state index in [0.717, 1.165) is 42.4 Å². The molecule has 0 aromatic heterocycles. The molecule has 0 aliphatic rings. The minimum atomic E-state index is -3.85. The van der Waals surface area contributed by atoms with Gasteiger partial charge in [-0.2, -0.15) is 8.42 Å². The molecule has 4 nitrogen and oxygen atoms in total. The fourth-order valence-corrected chi connectivity index (χ4v) is 3.67. The van der Waals surface area contributed by atoms with Crippen LogP contribution in [0.5, 0.6) is 5.75 Å². The molecule has 0 heterocycles. The Labute approximate surface area is 163 Å². The summed E-state index contributed by atoms with van der Waals surface area (Å²) in [5.41, 5.74) is 2.90. The van der Waals surface area contributed by atoms with Gasteiger partial charge in [-0.3, -0.25) is 4.18 Å². The Hall–Kier alpha value is -2.11. The smallest absolute Gasteiger partial charge is 0.300 e. The van der Waals surface area contributed by atoms with Crippen molar-refractivity contribution in [3.63, 3.8) is 0 Å². The molecule has 0 saturated heterocycles. The van der Waals surface area contributed by atoms with Gasteiger partial charge in [0.2, 0.25) is 0 Å². The number of ether oxygens (including phenoxy) is 1. The third kappa shape index (κ3) is 6.52. The van der Waals surface area contributed by atoms with Crippen LogP contribution in [0.15, 0.2) is 53.9 Å². The first kappa shape index (κ1) is 21.2. The minimum absolute atomic E-state index is 0.0753. The van der Waals surface area contributed by atoms with Crippen molar-refractivity contribution >= 4 is 16.2 Å². The molecule has 0 aliphatic carbocycles. The fraction of sp³-hybridized carbons (Fsp3) is 0.364. The Morgan fingerprint density at radius 3 is 2.44 bits per heavy atom. The summed E-state index contributed by atoms with van der Waals surface area (Å²) in [5.74, 6) is 0.316. The lowest BCUT2D eigenvalue weighted by atomic mass is 10.1. The molecule has 2 rings (SSSR count). The maximum absolute atomic E-state index is 12.6. The van der Waals surface area contributed by atoms with Crippen LogP contribution in [0, 0.1) is 6.92 Å². The van der Waals surface area contributed by atoms with Crippen LogP contribution in [-0.4, -0.2) is 15.0 Å². The topological polar surface area (TPSA) is 52.6 Å². The van der Waals surface area contributed by atoms with Crippen molar-refractivity contribution in [3.05, 3.63) is 65.7 Å². The van der Waals surface area contributed by atoms with Gasteiger partial charge in [0.05, 0.1) is 6.61 Å². The molecule has 2 aromatic rings. The number of rotatable bonds is 11. The van der Waals surface area contributed by atoms with Crippen molar-refractivity contribution in [3.8, 4) is 5.75 Å². The SMILES string of the molecule is C=Cc1ccc(COc2cc(C)ccc2S(=O)(=O)OCCCCCC)cc1. The molecule has 0 saturated carbocycles. The van der Waals surface area contributed by atoms with Gasteiger partial charge in [0.15, 0.2) is 0 Å². The maximum Gasteiger partial charge on any atom is 0.300 e. The summed E-state index contributed by atoms with van der Waals surface area (Å²) in [4.78, 5) is 0.0753. The van der Waals surface area contributed by atoms with Gasteiger partial charge in [0.1, 0.15) is 17.3 Å². The first-order chi connectivity index (χ1) is 13.0. The van der Waals surface area contributed by atoms with Gasteiger partial charge in [-0.1, -0.05) is 69.2 Å². The molecule has 0 spiro atoms. The molecule has 0 unspecified atom stereocenters. The molecule has 0 aliphatic heterocycles. The quantitative estimate of drug-likeness (QED) is 0.377. The zero-order chi connectivity index (χ0) is 19.7. The van der Waals surface area contributed by atoms with Gasteiger partial charge in [-0.15, -0.1) is 0 Å². The average molecular weight is 389 g/mol. The Morgan fingerprint density at radius 2 is 1.78 bits per heavy atom. The Morgan fingerprint density at radius 1 is 1.04 bits per heavy atom. The molecule has 0 amide bonds. The van der Waals surface area contributed by atoms with Gasteiger partial charge in [0, 0.05) is 0 Å². The Kier molecular flexibility index (Phi) is 8.07. The van der Waals surface area contributed by atoms with E-state index in [-0.39, 0.29) is 18.1 Å². The molecule has 0 N–H and O–H groups in total. The lowest BCUT2D eigenvalue weighted by Gasteiger charge is -2.13. The third-order valence-electron chi connectivity index (χ3n) is 4.21. The van der Waals surface area contributed by atoms with Gasteiger partial charge in [0.25, 0.3) is 0 Å². The molecule has 2 aromatic carbocycles. The normalized spacial score (nSPS) is 11.3. The third-order valence-corrected chi connectivity index (χ3v) is 5.57. The monoisotopic (exact) mass is 388 g/mol. The standard InChI is InChI=1S/C22H28O4S/c1-4-6-7-8-15-26-27(23,24)22-14-9-18(3)16-21(22)25-17-20-12-10-19(5-2)11-13-20/h5,9-14,16H,2,4,6-8,15,17H2,1,3H3. The number of hydrogen-bond donors (Lipinski definition) is 0.